The van der Waals surface area contributed by atoms with Crippen molar-refractivity contribution in [2.45, 2.75) is 0 Å². The molecule has 224 valence electrons. The van der Waals surface area contributed by atoms with E-state index in [2.05, 4.69) is 150 Å². The fourth-order valence-electron chi connectivity index (χ4n) is 7.47. The summed E-state index contributed by atoms with van der Waals surface area (Å²) in [5.74, 6) is 0. The van der Waals surface area contributed by atoms with Gasteiger partial charge in [0.15, 0.2) is 8.07 Å². The molecule has 0 amide bonds. The predicted molar refractivity (Wildman–Crippen MR) is 199 cm³/mol. The summed E-state index contributed by atoms with van der Waals surface area (Å²) >= 11 is 0. The van der Waals surface area contributed by atoms with Gasteiger partial charge in [0, 0.05) is 16.3 Å². The molecule has 0 aliphatic carbocycles. The maximum absolute atomic E-state index is 10.9. The molecule has 4 heteroatoms. The lowest BCUT2D eigenvalue weighted by atomic mass is 9.98. The van der Waals surface area contributed by atoms with Crippen molar-refractivity contribution < 1.29 is 0 Å². The van der Waals surface area contributed by atoms with Gasteiger partial charge in [-0.1, -0.05) is 140 Å². The van der Waals surface area contributed by atoms with E-state index in [0.29, 0.717) is 11.1 Å². The first kappa shape index (κ1) is 29.0. The highest BCUT2D eigenvalue weighted by molar-refractivity contribution is 7.20. The van der Waals surface area contributed by atoms with Crippen molar-refractivity contribution in [3.05, 3.63) is 187 Å². The molecule has 3 nitrogen and oxygen atoms in total. The van der Waals surface area contributed by atoms with E-state index in [1.54, 1.807) is 0 Å². The van der Waals surface area contributed by atoms with Crippen molar-refractivity contribution >= 4 is 50.6 Å². The second kappa shape index (κ2) is 12.0. The summed E-state index contributed by atoms with van der Waals surface area (Å²) in [7, 11) is -3.15. The van der Waals surface area contributed by atoms with Gasteiger partial charge in [0.1, 0.15) is 0 Å². The summed E-state index contributed by atoms with van der Waals surface area (Å²) in [5.41, 5.74) is 6.18. The molecular formula is C44H29N3Si. The lowest BCUT2D eigenvalue weighted by Gasteiger charge is -2.37. The van der Waals surface area contributed by atoms with Crippen LogP contribution in [0.1, 0.15) is 11.1 Å². The topological polar surface area (TPSA) is 52.5 Å². The van der Waals surface area contributed by atoms with E-state index in [0.717, 1.165) is 43.8 Å². The Labute approximate surface area is 280 Å². The number of nitrogens with zero attached hydrogens (tertiary/aromatic N) is 3. The summed E-state index contributed by atoms with van der Waals surface area (Å²) in [5, 5.41) is 28.1. The Kier molecular flexibility index (Phi) is 7.27. The molecule has 1 aromatic heterocycles. The van der Waals surface area contributed by atoms with Gasteiger partial charge in [-0.3, -0.25) is 0 Å². The molecule has 0 spiro atoms. The number of nitriles is 2. The maximum Gasteiger partial charge on any atom is 0.181 e. The molecule has 0 saturated heterocycles. The average Bonchev–Trinajstić information content (AvgIpc) is 3.50. The van der Waals surface area contributed by atoms with Crippen LogP contribution in [0.5, 0.6) is 0 Å². The molecule has 0 aliphatic rings. The molecule has 0 radical (unpaired) electrons. The van der Waals surface area contributed by atoms with E-state index >= 15 is 0 Å². The molecule has 0 aliphatic heterocycles. The average molecular weight is 628 g/mol. The van der Waals surface area contributed by atoms with Crippen LogP contribution in [0.4, 0.5) is 0 Å². The fraction of sp³-hybridized carbons (Fsp3) is 0. The molecule has 0 unspecified atom stereocenters. The molecule has 1 heterocycles. The van der Waals surface area contributed by atoms with Gasteiger partial charge in [-0.15, -0.1) is 0 Å². The standard InChI is InChI=1S/C44H29N3Si/c45-30-32-27-28-43(47-41-25-12-10-22-37(41)38-23-11-13-26-42(38)47)40(29-32)39-24-14-15-33(31-46)44(39)48(34-16-4-1-5-17-34,35-18-6-2-7-19-35)36-20-8-3-9-21-36/h1-29H. The van der Waals surface area contributed by atoms with Crippen LogP contribution in [0.2, 0.25) is 0 Å². The quantitative estimate of drug-likeness (QED) is 0.141. The van der Waals surface area contributed by atoms with Crippen LogP contribution in [-0.2, 0) is 0 Å². The SMILES string of the molecule is N#Cc1ccc(-n2c3ccccc3c3ccccc32)c(-c2cccc(C#N)c2[Si](c2ccccc2)(c2ccccc2)c2ccccc2)c1. The monoisotopic (exact) mass is 627 g/mol. The van der Waals surface area contributed by atoms with Gasteiger partial charge in [0.05, 0.1) is 40.0 Å². The minimum absolute atomic E-state index is 0.564. The molecule has 0 N–H and O–H groups in total. The summed E-state index contributed by atoms with van der Waals surface area (Å²) in [6, 6.07) is 66.0. The van der Waals surface area contributed by atoms with E-state index in [1.807, 2.05) is 42.5 Å². The van der Waals surface area contributed by atoms with Crippen LogP contribution in [0.15, 0.2) is 176 Å². The van der Waals surface area contributed by atoms with Crippen molar-refractivity contribution in [2.75, 3.05) is 0 Å². The minimum Gasteiger partial charge on any atom is -0.309 e. The number of aromatic nitrogens is 1. The van der Waals surface area contributed by atoms with Crippen LogP contribution in [0.3, 0.4) is 0 Å². The molecule has 0 bridgehead atoms. The Morgan fingerprint density at radius 1 is 0.438 bits per heavy atom. The van der Waals surface area contributed by atoms with Gasteiger partial charge in [0.25, 0.3) is 0 Å². The molecular weight excluding hydrogens is 599 g/mol. The number of hydrogen-bond donors (Lipinski definition) is 0. The zero-order valence-corrected chi connectivity index (χ0v) is 27.1. The summed E-state index contributed by atoms with van der Waals surface area (Å²) < 4.78 is 2.31. The van der Waals surface area contributed by atoms with Gasteiger partial charge in [-0.25, -0.2) is 0 Å². The normalized spacial score (nSPS) is 11.3. The molecule has 8 aromatic rings. The highest BCUT2D eigenvalue weighted by Crippen LogP contribution is 2.37. The van der Waals surface area contributed by atoms with Gasteiger partial charge < -0.3 is 4.57 Å². The van der Waals surface area contributed by atoms with Crippen molar-refractivity contribution in [3.63, 3.8) is 0 Å². The van der Waals surface area contributed by atoms with E-state index < -0.39 is 8.07 Å². The van der Waals surface area contributed by atoms with Crippen LogP contribution in [-0.4, -0.2) is 12.6 Å². The van der Waals surface area contributed by atoms with Crippen LogP contribution >= 0.6 is 0 Å². The lowest BCUT2D eigenvalue weighted by Crippen LogP contribution is -2.75. The van der Waals surface area contributed by atoms with Crippen molar-refractivity contribution in [3.8, 4) is 29.0 Å². The highest BCUT2D eigenvalue weighted by Gasteiger charge is 2.45. The minimum atomic E-state index is -3.15. The molecule has 0 saturated carbocycles. The number of rotatable bonds is 6. The second-order valence-corrected chi connectivity index (χ2v) is 15.6. The molecule has 8 rings (SSSR count). The summed E-state index contributed by atoms with van der Waals surface area (Å²) in [6.07, 6.45) is 0. The largest absolute Gasteiger partial charge is 0.309 e. The summed E-state index contributed by atoms with van der Waals surface area (Å²) in [4.78, 5) is 0. The Hall–Kier alpha value is -6.46. The third kappa shape index (κ3) is 4.48. The van der Waals surface area contributed by atoms with E-state index in [-0.39, 0.29) is 0 Å². The first-order chi connectivity index (χ1) is 23.8. The third-order valence-corrected chi connectivity index (χ3v) is 14.3. The fourth-order valence-corrected chi connectivity index (χ4v) is 12.6. The third-order valence-electron chi connectivity index (χ3n) is 9.42. The van der Waals surface area contributed by atoms with Crippen LogP contribution in [0.25, 0.3) is 38.6 Å². The zero-order valence-electron chi connectivity index (χ0n) is 26.1. The van der Waals surface area contributed by atoms with Crippen molar-refractivity contribution in [2.24, 2.45) is 0 Å². The maximum atomic E-state index is 10.9. The van der Waals surface area contributed by atoms with Crippen LogP contribution < -0.4 is 20.7 Å². The van der Waals surface area contributed by atoms with Gasteiger partial charge >= 0.3 is 0 Å². The first-order valence-corrected chi connectivity index (χ1v) is 18.0. The summed E-state index contributed by atoms with van der Waals surface area (Å²) in [6.45, 7) is 0. The highest BCUT2D eigenvalue weighted by atomic mass is 28.3. The Balaban J connectivity index is 1.57. The van der Waals surface area contributed by atoms with Gasteiger partial charge in [0.2, 0.25) is 0 Å². The van der Waals surface area contributed by atoms with Crippen molar-refractivity contribution in [1.82, 2.24) is 4.57 Å². The lowest BCUT2D eigenvalue weighted by molar-refractivity contribution is 1.18. The molecule has 48 heavy (non-hydrogen) atoms. The smallest absolute Gasteiger partial charge is 0.181 e. The van der Waals surface area contributed by atoms with E-state index in [1.165, 1.54) is 15.6 Å². The van der Waals surface area contributed by atoms with E-state index in [4.69, 9.17) is 0 Å². The predicted octanol–water partition coefficient (Wildman–Crippen LogP) is 7.57. The number of fused-ring (bicyclic) bond motifs is 3. The number of para-hydroxylation sites is 2. The number of benzene rings is 7. The molecule has 0 fully saturated rings. The van der Waals surface area contributed by atoms with Gasteiger partial charge in [-0.2, -0.15) is 10.5 Å². The Bertz CT molecular complexity index is 2370. The Morgan fingerprint density at radius 2 is 0.938 bits per heavy atom. The first-order valence-electron chi connectivity index (χ1n) is 16.0. The molecule has 0 atom stereocenters. The second-order valence-electron chi connectivity index (χ2n) is 11.9. The number of hydrogen-bond acceptors (Lipinski definition) is 2. The zero-order chi connectivity index (χ0) is 32.5. The van der Waals surface area contributed by atoms with Gasteiger partial charge in [-0.05, 0) is 62.7 Å². The van der Waals surface area contributed by atoms with Crippen LogP contribution in [0, 0.1) is 22.7 Å². The van der Waals surface area contributed by atoms with E-state index in [9.17, 15) is 10.5 Å². The molecule has 7 aromatic carbocycles. The van der Waals surface area contributed by atoms with Crippen molar-refractivity contribution in [1.29, 1.82) is 10.5 Å². The Morgan fingerprint density at radius 3 is 1.44 bits per heavy atom.